The van der Waals surface area contributed by atoms with Crippen LogP contribution in [0.4, 0.5) is 0 Å². The van der Waals surface area contributed by atoms with Gasteiger partial charge in [-0.3, -0.25) is 0 Å². The Hall–Kier alpha value is -1.44. The van der Waals surface area contributed by atoms with E-state index >= 15 is 0 Å². The lowest BCUT2D eigenvalue weighted by Crippen LogP contribution is -2.02. The van der Waals surface area contributed by atoms with Crippen molar-refractivity contribution in [1.82, 2.24) is 14.9 Å². The smallest absolute Gasteiger partial charge is 0.191 e. The number of hydrogen-bond acceptors (Lipinski definition) is 4. The highest BCUT2D eigenvalue weighted by atomic mass is 79.9. The largest absolute Gasteiger partial charge is 0.212 e. The van der Waals surface area contributed by atoms with E-state index in [1.165, 1.54) is 5.56 Å². The zero-order chi connectivity index (χ0) is 18.5. The first-order valence-electron chi connectivity index (χ1n) is 8.16. The number of rotatable bonds is 6. The molecule has 0 saturated carbocycles. The molecule has 0 bridgehead atoms. The van der Waals surface area contributed by atoms with Gasteiger partial charge in [0, 0.05) is 26.2 Å². The highest BCUT2D eigenvalue weighted by Gasteiger charge is 2.15. The summed E-state index contributed by atoms with van der Waals surface area (Å²) in [4.78, 5) is 0. The van der Waals surface area contributed by atoms with Gasteiger partial charge < -0.3 is 0 Å². The van der Waals surface area contributed by atoms with Crippen molar-refractivity contribution in [2.75, 3.05) is 0 Å². The van der Waals surface area contributed by atoms with Crippen molar-refractivity contribution in [3.63, 3.8) is 0 Å². The fourth-order valence-corrected chi connectivity index (χ4v) is 3.76. The third kappa shape index (κ3) is 4.84. The van der Waals surface area contributed by atoms with Crippen molar-refractivity contribution in [3.8, 4) is 0 Å². The van der Waals surface area contributed by atoms with Gasteiger partial charge in [-0.15, -0.1) is 10.2 Å². The SMILES string of the molecule is CC(C)c1nnc(SCc2ccc(Br)cc2)n1/N=C\c1ccccc1Br. The van der Waals surface area contributed by atoms with E-state index in [4.69, 9.17) is 0 Å². The second-order valence-electron chi connectivity index (χ2n) is 5.99. The summed E-state index contributed by atoms with van der Waals surface area (Å²) in [7, 11) is 0. The average Bonchev–Trinajstić information content (AvgIpc) is 3.04. The van der Waals surface area contributed by atoms with Gasteiger partial charge in [0.05, 0.1) is 6.21 Å². The topological polar surface area (TPSA) is 43.1 Å². The number of benzene rings is 2. The van der Waals surface area contributed by atoms with Gasteiger partial charge in [0.2, 0.25) is 5.16 Å². The zero-order valence-corrected chi connectivity index (χ0v) is 18.4. The molecule has 0 N–H and O–H groups in total. The minimum atomic E-state index is 0.237. The molecular formula is C19H18Br2N4S. The predicted octanol–water partition coefficient (Wildman–Crippen LogP) is 6.10. The third-order valence-corrected chi connectivity index (χ3v) is 5.89. The fraction of sp³-hybridized carbons (Fsp3) is 0.211. The Balaban J connectivity index is 1.84. The molecule has 0 aliphatic rings. The molecule has 26 heavy (non-hydrogen) atoms. The first-order chi connectivity index (χ1) is 12.5. The quantitative estimate of drug-likeness (QED) is 0.307. The molecule has 1 heterocycles. The van der Waals surface area contributed by atoms with E-state index in [2.05, 4.69) is 73.1 Å². The van der Waals surface area contributed by atoms with Crippen LogP contribution in [0.15, 0.2) is 67.7 Å². The molecule has 0 fully saturated rings. The molecule has 134 valence electrons. The lowest BCUT2D eigenvalue weighted by molar-refractivity contribution is 0.667. The van der Waals surface area contributed by atoms with Gasteiger partial charge in [0.1, 0.15) is 0 Å². The molecule has 0 radical (unpaired) electrons. The van der Waals surface area contributed by atoms with Crippen LogP contribution >= 0.6 is 43.6 Å². The van der Waals surface area contributed by atoms with Crippen molar-refractivity contribution in [2.24, 2.45) is 5.10 Å². The molecule has 0 amide bonds. The molecule has 0 spiro atoms. The average molecular weight is 494 g/mol. The Kier molecular flexibility index (Phi) is 6.67. The first-order valence-corrected chi connectivity index (χ1v) is 10.7. The molecule has 3 rings (SSSR count). The summed E-state index contributed by atoms with van der Waals surface area (Å²) < 4.78 is 3.93. The number of halogens is 2. The van der Waals surface area contributed by atoms with Crippen molar-refractivity contribution in [1.29, 1.82) is 0 Å². The van der Waals surface area contributed by atoms with Gasteiger partial charge in [0.25, 0.3) is 0 Å². The third-order valence-electron chi connectivity index (χ3n) is 3.65. The van der Waals surface area contributed by atoms with Crippen LogP contribution < -0.4 is 0 Å². The number of hydrogen-bond donors (Lipinski definition) is 0. The Morgan fingerprint density at radius 3 is 2.50 bits per heavy atom. The summed E-state index contributed by atoms with van der Waals surface area (Å²) >= 11 is 8.65. The summed E-state index contributed by atoms with van der Waals surface area (Å²) in [5, 5.41) is 14.1. The van der Waals surface area contributed by atoms with Crippen molar-refractivity contribution < 1.29 is 0 Å². The van der Waals surface area contributed by atoms with Gasteiger partial charge >= 0.3 is 0 Å². The van der Waals surface area contributed by atoms with E-state index in [0.29, 0.717) is 0 Å². The molecule has 3 aromatic rings. The van der Waals surface area contributed by atoms with E-state index in [9.17, 15) is 0 Å². The van der Waals surface area contributed by atoms with Crippen LogP contribution in [0.5, 0.6) is 0 Å². The van der Waals surface area contributed by atoms with Crippen molar-refractivity contribution >= 4 is 49.8 Å². The lowest BCUT2D eigenvalue weighted by Gasteiger charge is -2.07. The minimum Gasteiger partial charge on any atom is -0.191 e. The molecule has 1 aromatic heterocycles. The number of aromatic nitrogens is 3. The highest BCUT2D eigenvalue weighted by molar-refractivity contribution is 9.10. The predicted molar refractivity (Wildman–Crippen MR) is 115 cm³/mol. The first kappa shape index (κ1) is 19.3. The molecule has 7 heteroatoms. The molecular weight excluding hydrogens is 476 g/mol. The Bertz CT molecular complexity index is 904. The Morgan fingerprint density at radius 2 is 1.81 bits per heavy atom. The van der Waals surface area contributed by atoms with Crippen LogP contribution in [-0.4, -0.2) is 21.1 Å². The number of nitrogens with zero attached hydrogens (tertiary/aromatic N) is 4. The normalized spacial score (nSPS) is 11.6. The van der Waals surface area contributed by atoms with Crippen molar-refractivity contribution in [3.05, 3.63) is 74.4 Å². The summed E-state index contributed by atoms with van der Waals surface area (Å²) in [5.74, 6) is 1.90. The van der Waals surface area contributed by atoms with Crippen LogP contribution in [0.1, 0.15) is 36.7 Å². The zero-order valence-electron chi connectivity index (χ0n) is 14.4. The van der Waals surface area contributed by atoms with Gasteiger partial charge in [-0.1, -0.05) is 87.8 Å². The molecule has 0 saturated heterocycles. The fourth-order valence-electron chi connectivity index (χ4n) is 2.26. The molecule has 2 aromatic carbocycles. The number of thioether (sulfide) groups is 1. The van der Waals surface area contributed by atoms with E-state index < -0.39 is 0 Å². The van der Waals surface area contributed by atoms with Gasteiger partial charge in [-0.2, -0.15) is 9.78 Å². The van der Waals surface area contributed by atoms with E-state index in [1.807, 2.05) is 47.3 Å². The van der Waals surface area contributed by atoms with Crippen LogP contribution in [0.2, 0.25) is 0 Å². The monoisotopic (exact) mass is 492 g/mol. The molecule has 0 unspecified atom stereocenters. The summed E-state index contributed by atoms with van der Waals surface area (Å²) in [5.41, 5.74) is 2.24. The van der Waals surface area contributed by atoms with Gasteiger partial charge in [-0.25, -0.2) is 0 Å². The lowest BCUT2D eigenvalue weighted by atomic mass is 10.2. The second-order valence-corrected chi connectivity index (χ2v) is 8.70. The molecule has 4 nitrogen and oxygen atoms in total. The Morgan fingerprint density at radius 1 is 1.08 bits per heavy atom. The maximum Gasteiger partial charge on any atom is 0.212 e. The molecule has 0 aliphatic carbocycles. The second kappa shape index (κ2) is 8.97. The van der Waals surface area contributed by atoms with Crippen LogP contribution in [-0.2, 0) is 5.75 Å². The summed E-state index contributed by atoms with van der Waals surface area (Å²) in [6, 6.07) is 16.3. The van der Waals surface area contributed by atoms with Gasteiger partial charge in [-0.05, 0) is 23.8 Å². The minimum absolute atomic E-state index is 0.237. The van der Waals surface area contributed by atoms with Crippen LogP contribution in [0, 0.1) is 0 Å². The summed E-state index contributed by atoms with van der Waals surface area (Å²) in [6.45, 7) is 4.19. The summed E-state index contributed by atoms with van der Waals surface area (Å²) in [6.07, 6.45) is 1.84. The highest BCUT2D eigenvalue weighted by Crippen LogP contribution is 2.25. The standard InChI is InChI=1S/C19H18Br2N4S/c1-13(2)18-23-24-19(26-12-14-7-9-16(20)10-8-14)25(18)22-11-15-5-3-4-6-17(15)21/h3-11,13H,12H2,1-2H3/b22-11-. The van der Waals surface area contributed by atoms with E-state index in [0.717, 1.165) is 31.2 Å². The van der Waals surface area contributed by atoms with Crippen LogP contribution in [0.25, 0.3) is 0 Å². The molecule has 0 aliphatic heterocycles. The van der Waals surface area contributed by atoms with Crippen molar-refractivity contribution in [2.45, 2.75) is 30.7 Å². The van der Waals surface area contributed by atoms with Gasteiger partial charge in [0.15, 0.2) is 5.82 Å². The maximum absolute atomic E-state index is 4.65. The van der Waals surface area contributed by atoms with Crippen LogP contribution in [0.3, 0.4) is 0 Å². The van der Waals surface area contributed by atoms with E-state index in [-0.39, 0.29) is 5.92 Å². The van der Waals surface area contributed by atoms with E-state index in [1.54, 1.807) is 11.8 Å². The Labute approximate surface area is 174 Å². The molecule has 0 atom stereocenters. The maximum atomic E-state index is 4.65.